The van der Waals surface area contributed by atoms with Crippen molar-refractivity contribution in [1.29, 1.82) is 0 Å². The summed E-state index contributed by atoms with van der Waals surface area (Å²) in [5.74, 6) is -1.02. The molecule has 0 aromatic carbocycles. The molecule has 0 heterocycles. The molecule has 0 aliphatic rings. The van der Waals surface area contributed by atoms with Gasteiger partial charge < -0.3 is 29.3 Å². The topological polar surface area (TPSA) is 195 Å². The van der Waals surface area contributed by atoms with Gasteiger partial charge in [0.15, 0.2) is 6.10 Å². The van der Waals surface area contributed by atoms with Crippen LogP contribution in [-0.4, -0.2) is 70.4 Å². The van der Waals surface area contributed by atoms with Gasteiger partial charge >= 0.3 is 27.6 Å². The van der Waals surface area contributed by atoms with Crippen molar-refractivity contribution in [2.45, 2.75) is 193 Å². The van der Waals surface area contributed by atoms with Crippen LogP contribution in [0.5, 0.6) is 0 Å². The molecule has 13 nitrogen and oxygen atoms in total. The fourth-order valence-corrected chi connectivity index (χ4v) is 6.62. The molecule has 1 unspecified atom stereocenters. The molecule has 0 aromatic rings. The lowest BCUT2D eigenvalue weighted by molar-refractivity contribution is -0.161. The van der Waals surface area contributed by atoms with E-state index < -0.39 is 59.6 Å². The van der Waals surface area contributed by atoms with E-state index in [2.05, 4.69) is 22.9 Å². The van der Waals surface area contributed by atoms with E-state index in [9.17, 15) is 28.7 Å². The minimum atomic E-state index is -4.85. The van der Waals surface area contributed by atoms with Crippen LogP contribution in [-0.2, 0) is 41.8 Å². The average molecular weight is 775 g/mol. The number of carbonyl (C=O) groups is 2. The van der Waals surface area contributed by atoms with Crippen LogP contribution in [0.25, 0.3) is 0 Å². The summed E-state index contributed by atoms with van der Waals surface area (Å²) < 4.78 is 47.6. The van der Waals surface area contributed by atoms with E-state index >= 15 is 0 Å². The summed E-state index contributed by atoms with van der Waals surface area (Å²) in [4.78, 5) is 52.4. The van der Waals surface area contributed by atoms with E-state index in [1.165, 1.54) is 103 Å². The molecule has 0 radical (unpaired) electrons. The summed E-state index contributed by atoms with van der Waals surface area (Å²) in [6.07, 6.45) is 25.3. The van der Waals surface area contributed by atoms with Crippen molar-refractivity contribution in [2.75, 3.05) is 26.4 Å². The van der Waals surface area contributed by atoms with Gasteiger partial charge in [0.05, 0.1) is 19.8 Å². The third kappa shape index (κ3) is 37.2. The number of phosphoric ester groups is 2. The van der Waals surface area contributed by atoms with Gasteiger partial charge in [-0.1, -0.05) is 155 Å². The van der Waals surface area contributed by atoms with E-state index in [4.69, 9.17) is 23.8 Å². The predicted octanol–water partition coefficient (Wildman–Crippen LogP) is 9.23. The molecule has 0 aromatic heterocycles. The summed E-state index contributed by atoms with van der Waals surface area (Å²) in [6, 6.07) is 0. The average Bonchev–Trinajstić information content (AvgIpc) is 3.08. The minimum absolute atomic E-state index is 0.138. The van der Waals surface area contributed by atoms with Crippen LogP contribution in [0.3, 0.4) is 0 Å². The smallest absolute Gasteiger partial charge is 0.462 e. The second kappa shape index (κ2) is 33.7. The first-order chi connectivity index (χ1) is 24.4. The maximum absolute atomic E-state index is 12.6. The molecule has 0 amide bonds. The molecule has 4 N–H and O–H groups in total. The summed E-state index contributed by atoms with van der Waals surface area (Å²) >= 11 is 0. The highest BCUT2D eigenvalue weighted by Crippen LogP contribution is 2.43. The Balaban J connectivity index is 4.53. The third-order valence-corrected chi connectivity index (χ3v) is 9.92. The Morgan fingerprint density at radius 2 is 0.843 bits per heavy atom. The molecular weight excluding hydrogens is 702 g/mol. The monoisotopic (exact) mass is 774 g/mol. The van der Waals surface area contributed by atoms with Crippen LogP contribution in [0.2, 0.25) is 0 Å². The van der Waals surface area contributed by atoms with Gasteiger partial charge in [-0.25, -0.2) is 9.13 Å². The number of carbonyl (C=O) groups excluding carboxylic acids is 2. The van der Waals surface area contributed by atoms with Crippen LogP contribution >= 0.6 is 15.6 Å². The number of hydrogen-bond donors (Lipinski definition) is 4. The Labute approximate surface area is 308 Å². The number of unbranched alkanes of at least 4 members (excludes halogenated alkanes) is 22. The number of rotatable bonds is 38. The molecule has 51 heavy (non-hydrogen) atoms. The molecule has 0 spiro atoms. The largest absolute Gasteiger partial charge is 0.472 e. The molecule has 0 fully saturated rings. The molecule has 0 aliphatic heterocycles. The van der Waals surface area contributed by atoms with E-state index in [0.717, 1.165) is 38.5 Å². The van der Waals surface area contributed by atoms with Crippen LogP contribution in [0.1, 0.15) is 181 Å². The van der Waals surface area contributed by atoms with Crippen molar-refractivity contribution in [3.63, 3.8) is 0 Å². The van der Waals surface area contributed by atoms with Crippen molar-refractivity contribution < 1.29 is 61.6 Å². The van der Waals surface area contributed by atoms with Gasteiger partial charge in [0, 0.05) is 12.8 Å². The number of hydrogen-bond acceptors (Lipinski definition) is 10. The van der Waals surface area contributed by atoms with Crippen molar-refractivity contribution >= 4 is 27.6 Å². The first-order valence-corrected chi connectivity index (χ1v) is 22.8. The standard InChI is InChI=1S/C36H72O13P2/c1-3-5-7-9-11-13-15-16-18-19-21-23-25-27-35(38)45-31-34(32-48-51(43,44)47-30-33(37)29-46-50(40,41)42)49-36(39)28-26-24-22-20-17-14-12-10-8-6-4-2/h33-34,37H,3-32H2,1-2H3,(H,43,44)(H2,40,41,42)/t33-,34+/m0/s1. The van der Waals surface area contributed by atoms with Gasteiger partial charge in [0.1, 0.15) is 12.7 Å². The zero-order valence-electron chi connectivity index (χ0n) is 31.7. The predicted molar refractivity (Wildman–Crippen MR) is 198 cm³/mol. The molecule has 0 rings (SSSR count). The summed E-state index contributed by atoms with van der Waals surface area (Å²) in [5, 5.41) is 9.71. The fourth-order valence-electron chi connectivity index (χ4n) is 5.47. The second-order valence-corrected chi connectivity index (χ2v) is 16.3. The highest BCUT2D eigenvalue weighted by molar-refractivity contribution is 7.47. The molecule has 0 aliphatic carbocycles. The quantitative estimate of drug-likeness (QED) is 0.0264. The van der Waals surface area contributed by atoms with Crippen molar-refractivity contribution in [3.8, 4) is 0 Å². The summed E-state index contributed by atoms with van der Waals surface area (Å²) in [5.41, 5.74) is 0. The molecule has 0 saturated heterocycles. The van der Waals surface area contributed by atoms with Gasteiger partial charge in [0.25, 0.3) is 0 Å². The highest BCUT2D eigenvalue weighted by atomic mass is 31.2. The van der Waals surface area contributed by atoms with Crippen molar-refractivity contribution in [1.82, 2.24) is 0 Å². The van der Waals surface area contributed by atoms with Crippen LogP contribution in [0, 0.1) is 0 Å². The Morgan fingerprint density at radius 1 is 0.490 bits per heavy atom. The molecule has 304 valence electrons. The number of aliphatic hydroxyl groups excluding tert-OH is 1. The van der Waals surface area contributed by atoms with E-state index in [1.54, 1.807) is 0 Å². The van der Waals surface area contributed by atoms with Crippen LogP contribution in [0.15, 0.2) is 0 Å². The molecule has 15 heteroatoms. The van der Waals surface area contributed by atoms with Crippen molar-refractivity contribution in [2.24, 2.45) is 0 Å². The Kier molecular flexibility index (Phi) is 33.1. The van der Waals surface area contributed by atoms with E-state index in [0.29, 0.717) is 12.8 Å². The zero-order chi connectivity index (χ0) is 38.1. The normalized spacial score (nSPS) is 14.2. The SMILES string of the molecule is CCCCCCCCCCCCCCCC(=O)OC[C@H](COP(=O)(O)OC[C@@H](O)COP(=O)(O)O)OC(=O)CCCCCCCCCCCCC. The molecule has 0 saturated carbocycles. The van der Waals surface area contributed by atoms with Gasteiger partial charge in [-0.15, -0.1) is 0 Å². The van der Waals surface area contributed by atoms with Gasteiger partial charge in [-0.3, -0.25) is 23.2 Å². The first kappa shape index (κ1) is 50.1. The first-order valence-electron chi connectivity index (χ1n) is 19.7. The van der Waals surface area contributed by atoms with E-state index in [1.807, 2.05) is 0 Å². The van der Waals surface area contributed by atoms with Gasteiger partial charge in [-0.05, 0) is 12.8 Å². The Hall–Kier alpha value is -0.880. The molecule has 3 atom stereocenters. The second-order valence-electron chi connectivity index (χ2n) is 13.6. The number of ether oxygens (including phenoxy) is 2. The number of aliphatic hydroxyl groups is 1. The Morgan fingerprint density at radius 3 is 1.25 bits per heavy atom. The maximum Gasteiger partial charge on any atom is 0.472 e. The summed E-state index contributed by atoms with van der Waals surface area (Å²) in [7, 11) is -9.64. The van der Waals surface area contributed by atoms with E-state index in [-0.39, 0.29) is 19.4 Å². The van der Waals surface area contributed by atoms with Gasteiger partial charge in [-0.2, -0.15) is 0 Å². The summed E-state index contributed by atoms with van der Waals surface area (Å²) in [6.45, 7) is 1.76. The zero-order valence-corrected chi connectivity index (χ0v) is 33.5. The fraction of sp³-hybridized carbons (Fsp3) is 0.944. The lowest BCUT2D eigenvalue weighted by Gasteiger charge is -2.20. The lowest BCUT2D eigenvalue weighted by atomic mass is 10.0. The number of phosphoric acid groups is 2. The van der Waals surface area contributed by atoms with Gasteiger partial charge in [0.2, 0.25) is 0 Å². The van der Waals surface area contributed by atoms with Crippen LogP contribution < -0.4 is 0 Å². The molecule has 0 bridgehead atoms. The van der Waals surface area contributed by atoms with Crippen LogP contribution in [0.4, 0.5) is 0 Å². The Bertz CT molecular complexity index is 931. The molecular formula is C36H72O13P2. The van der Waals surface area contributed by atoms with Crippen molar-refractivity contribution in [3.05, 3.63) is 0 Å². The highest BCUT2D eigenvalue weighted by Gasteiger charge is 2.28. The minimum Gasteiger partial charge on any atom is -0.462 e. The maximum atomic E-state index is 12.6. The lowest BCUT2D eigenvalue weighted by Crippen LogP contribution is -2.30. The number of esters is 2. The third-order valence-electron chi connectivity index (χ3n) is 8.49.